The van der Waals surface area contributed by atoms with Crippen LogP contribution in [0.1, 0.15) is 130 Å². The molecule has 1 unspecified atom stereocenters. The topological polar surface area (TPSA) is 27.7 Å². The van der Waals surface area contributed by atoms with Crippen molar-refractivity contribution in [1.82, 2.24) is 0 Å². The highest BCUT2D eigenvalue weighted by atomic mass is 28.4. The number of ether oxygens (including phenoxy) is 2. The first kappa shape index (κ1) is 37.1. The van der Waals surface area contributed by atoms with Crippen molar-refractivity contribution in [2.45, 2.75) is 148 Å². The normalized spacial score (nSPS) is 15.9. The highest BCUT2D eigenvalue weighted by Crippen LogP contribution is 2.38. The van der Waals surface area contributed by atoms with E-state index in [-0.39, 0.29) is 17.4 Å². The molecule has 1 aliphatic heterocycles. The molecule has 1 fully saturated rings. The van der Waals surface area contributed by atoms with E-state index >= 15 is 0 Å². The zero-order valence-electron chi connectivity index (χ0n) is 28.9. The number of benzene rings is 2. The van der Waals surface area contributed by atoms with Crippen LogP contribution in [0.5, 0.6) is 0 Å². The van der Waals surface area contributed by atoms with Gasteiger partial charge in [0.15, 0.2) is 6.29 Å². The average Bonchev–Trinajstić information content (AvgIpc) is 3.05. The summed E-state index contributed by atoms with van der Waals surface area (Å²) in [5.74, 6) is 13.5. The zero-order chi connectivity index (χ0) is 32.1. The van der Waals surface area contributed by atoms with Gasteiger partial charge in [0.1, 0.15) is 0 Å². The molecule has 3 rings (SSSR count). The Balaban J connectivity index is 1.24. The van der Waals surface area contributed by atoms with E-state index in [1.54, 1.807) is 0 Å². The second kappa shape index (κ2) is 21.5. The Morgan fingerprint density at radius 1 is 0.711 bits per heavy atom. The van der Waals surface area contributed by atoms with E-state index in [1.807, 2.05) is 0 Å². The predicted molar refractivity (Wildman–Crippen MR) is 193 cm³/mol. The maximum Gasteiger partial charge on any atom is 0.261 e. The summed E-state index contributed by atoms with van der Waals surface area (Å²) in [7, 11) is -2.48. The van der Waals surface area contributed by atoms with E-state index in [0.29, 0.717) is 0 Å². The van der Waals surface area contributed by atoms with Gasteiger partial charge in [0.05, 0.1) is 0 Å². The third-order valence-corrected chi connectivity index (χ3v) is 13.9. The number of hydrogen-bond donors (Lipinski definition) is 0. The van der Waals surface area contributed by atoms with Crippen molar-refractivity contribution in [2.75, 3.05) is 13.2 Å². The van der Waals surface area contributed by atoms with E-state index in [9.17, 15) is 0 Å². The molecule has 0 aliphatic carbocycles. The predicted octanol–water partition coefficient (Wildman–Crippen LogP) is 9.57. The molecular weight excluding hydrogens is 569 g/mol. The minimum Gasteiger partial charge on any atom is -0.405 e. The first-order valence-corrected chi connectivity index (χ1v) is 19.8. The van der Waals surface area contributed by atoms with Gasteiger partial charge in [0.2, 0.25) is 0 Å². The summed E-state index contributed by atoms with van der Waals surface area (Å²) in [5.41, 5.74) is 0. The summed E-state index contributed by atoms with van der Waals surface area (Å²) >= 11 is 0. The van der Waals surface area contributed by atoms with Gasteiger partial charge < -0.3 is 13.9 Å². The highest BCUT2D eigenvalue weighted by Gasteiger charge is 2.50. The molecule has 0 N–H and O–H groups in total. The smallest absolute Gasteiger partial charge is 0.261 e. The summed E-state index contributed by atoms with van der Waals surface area (Å²) < 4.78 is 18.6. The van der Waals surface area contributed by atoms with Crippen molar-refractivity contribution in [3.05, 3.63) is 60.7 Å². The fraction of sp³-hybridized carbons (Fsp3) is 0.610. The number of rotatable bonds is 18. The van der Waals surface area contributed by atoms with E-state index in [0.717, 1.165) is 71.0 Å². The third kappa shape index (κ3) is 13.5. The van der Waals surface area contributed by atoms with Crippen molar-refractivity contribution < 1.29 is 13.9 Å². The van der Waals surface area contributed by atoms with Gasteiger partial charge in [-0.1, -0.05) is 101 Å². The minimum absolute atomic E-state index is 0.0112. The van der Waals surface area contributed by atoms with E-state index < -0.39 is 8.32 Å². The van der Waals surface area contributed by atoms with Crippen molar-refractivity contribution in [3.8, 4) is 23.7 Å². The van der Waals surface area contributed by atoms with Gasteiger partial charge in [-0.25, -0.2) is 0 Å². The van der Waals surface area contributed by atoms with Gasteiger partial charge in [0, 0.05) is 45.0 Å². The Labute approximate surface area is 277 Å². The zero-order valence-corrected chi connectivity index (χ0v) is 29.9. The van der Waals surface area contributed by atoms with Gasteiger partial charge in [-0.05, 0) is 80.1 Å². The fourth-order valence-corrected chi connectivity index (χ4v) is 10.9. The number of unbranched alkanes of at least 4 members (excludes halogenated alkanes) is 9. The van der Waals surface area contributed by atoms with Crippen LogP contribution in [0.2, 0.25) is 5.04 Å². The van der Waals surface area contributed by atoms with Gasteiger partial charge in [-0.15, -0.1) is 23.7 Å². The lowest BCUT2D eigenvalue weighted by Crippen LogP contribution is -2.67. The van der Waals surface area contributed by atoms with E-state index in [1.165, 1.54) is 55.3 Å². The lowest BCUT2D eigenvalue weighted by Gasteiger charge is -2.44. The van der Waals surface area contributed by atoms with Crippen molar-refractivity contribution in [1.29, 1.82) is 0 Å². The van der Waals surface area contributed by atoms with Crippen LogP contribution in [-0.4, -0.2) is 33.9 Å². The first-order chi connectivity index (χ1) is 21.9. The molecule has 0 spiro atoms. The third-order valence-electron chi connectivity index (χ3n) is 8.70. The van der Waals surface area contributed by atoms with Crippen molar-refractivity contribution >= 4 is 18.7 Å². The van der Waals surface area contributed by atoms with E-state index in [2.05, 4.69) is 112 Å². The minimum atomic E-state index is -2.48. The van der Waals surface area contributed by atoms with Gasteiger partial charge in [-0.2, -0.15) is 0 Å². The average molecular weight is 629 g/mol. The van der Waals surface area contributed by atoms with Crippen LogP contribution < -0.4 is 10.4 Å². The molecule has 0 bridgehead atoms. The Hall–Kier alpha value is -2.34. The second-order valence-corrected chi connectivity index (χ2v) is 17.8. The lowest BCUT2D eigenvalue weighted by atomic mass is 10.1. The monoisotopic (exact) mass is 628 g/mol. The van der Waals surface area contributed by atoms with Crippen LogP contribution in [0.4, 0.5) is 0 Å². The van der Waals surface area contributed by atoms with Crippen LogP contribution in [0.15, 0.2) is 60.7 Å². The quantitative estimate of drug-likeness (QED) is 0.0935. The van der Waals surface area contributed by atoms with Gasteiger partial charge >= 0.3 is 0 Å². The maximum absolute atomic E-state index is 7.20. The molecular formula is C41H60O3Si. The number of hydrogen-bond acceptors (Lipinski definition) is 3. The second-order valence-electron chi connectivity index (χ2n) is 13.6. The van der Waals surface area contributed by atoms with Crippen LogP contribution in [0, 0.1) is 23.7 Å². The molecule has 0 amide bonds. The van der Waals surface area contributed by atoms with Crippen LogP contribution in [-0.2, 0) is 13.9 Å². The molecule has 1 saturated heterocycles. The van der Waals surface area contributed by atoms with Gasteiger partial charge in [0.25, 0.3) is 8.32 Å². The molecule has 1 heterocycles. The Morgan fingerprint density at radius 3 is 1.73 bits per heavy atom. The van der Waals surface area contributed by atoms with E-state index in [4.69, 9.17) is 13.9 Å². The van der Waals surface area contributed by atoms with Gasteiger partial charge in [-0.3, -0.25) is 0 Å². The van der Waals surface area contributed by atoms with Crippen molar-refractivity contribution in [3.63, 3.8) is 0 Å². The molecule has 4 heteroatoms. The first-order valence-electron chi connectivity index (χ1n) is 17.9. The molecule has 45 heavy (non-hydrogen) atoms. The molecule has 0 aromatic heterocycles. The summed E-state index contributed by atoms with van der Waals surface area (Å²) in [4.78, 5) is 0. The SMILES string of the molecule is C[C@@H](CCCC#CCCCCCCCC#CCCCCOC1CCCCO1)O[Si](c1ccccc1)(c1ccccc1)C(C)(C)C. The summed E-state index contributed by atoms with van der Waals surface area (Å²) in [6, 6.07) is 21.9. The molecule has 246 valence electrons. The fourth-order valence-electron chi connectivity index (χ4n) is 6.21. The standard InChI is InChI=1S/C41H60O3Si/c1-37(44-45(41(2,3)4,38-30-22-19-23-31-38)39-32-24-20-25-33-39)29-21-17-15-13-11-9-7-5-6-8-10-12-14-16-18-27-35-42-40-34-26-28-36-43-40/h19-20,22-25,30-33,37,40H,5-11,16-18,21,26-29,34-36H2,1-4H3/t37-,40?/m0/s1. The molecule has 0 radical (unpaired) electrons. The molecule has 1 aliphatic rings. The molecule has 2 atom stereocenters. The maximum atomic E-state index is 7.20. The molecule has 2 aromatic rings. The van der Waals surface area contributed by atoms with Crippen molar-refractivity contribution in [2.24, 2.45) is 0 Å². The Bertz CT molecular complexity index is 1120. The molecule has 0 saturated carbocycles. The summed E-state index contributed by atoms with van der Waals surface area (Å²) in [5, 5.41) is 2.71. The lowest BCUT2D eigenvalue weighted by molar-refractivity contribution is -0.162. The summed E-state index contributed by atoms with van der Waals surface area (Å²) in [6.45, 7) is 10.9. The highest BCUT2D eigenvalue weighted by molar-refractivity contribution is 6.99. The Kier molecular flexibility index (Phi) is 17.7. The largest absolute Gasteiger partial charge is 0.405 e. The van der Waals surface area contributed by atoms with Crippen LogP contribution in [0.25, 0.3) is 0 Å². The molecule has 3 nitrogen and oxygen atoms in total. The van der Waals surface area contributed by atoms with Crippen LogP contribution >= 0.6 is 0 Å². The molecule has 2 aromatic carbocycles. The summed E-state index contributed by atoms with van der Waals surface area (Å²) in [6.07, 6.45) is 18.3. The Morgan fingerprint density at radius 2 is 1.22 bits per heavy atom. The van der Waals surface area contributed by atoms with Crippen LogP contribution in [0.3, 0.4) is 0 Å².